The minimum Gasteiger partial charge on any atom is -0.340 e. The first-order chi connectivity index (χ1) is 6.52. The lowest BCUT2D eigenvalue weighted by Gasteiger charge is -2.32. The average molecular weight is 200 g/mol. The van der Waals surface area contributed by atoms with Crippen LogP contribution in [0.25, 0.3) is 0 Å². The molecule has 0 aromatic heterocycles. The Balaban J connectivity index is 2.92. The van der Waals surface area contributed by atoms with Crippen molar-refractivity contribution in [3.63, 3.8) is 0 Å². The van der Waals surface area contributed by atoms with Gasteiger partial charge in [0, 0.05) is 27.1 Å². The van der Waals surface area contributed by atoms with Crippen LogP contribution in [-0.4, -0.2) is 46.8 Å². The zero-order valence-electron chi connectivity index (χ0n) is 8.13. The molecule has 0 bridgehead atoms. The summed E-state index contributed by atoms with van der Waals surface area (Å²) in [6.45, 7) is 2.54. The zero-order chi connectivity index (χ0) is 10.7. The lowest BCUT2D eigenvalue weighted by Crippen LogP contribution is -2.50. The van der Waals surface area contributed by atoms with Gasteiger partial charge in [-0.1, -0.05) is 0 Å². The van der Waals surface area contributed by atoms with Gasteiger partial charge in [0.2, 0.25) is 5.91 Å². The van der Waals surface area contributed by atoms with Crippen molar-refractivity contribution in [3.8, 4) is 0 Å². The highest BCUT2D eigenvalue weighted by atomic mass is 16.7. The van der Waals surface area contributed by atoms with E-state index in [1.54, 1.807) is 11.9 Å². The summed E-state index contributed by atoms with van der Waals surface area (Å²) >= 11 is 0. The summed E-state index contributed by atoms with van der Waals surface area (Å²) in [4.78, 5) is 24.3. The number of rotatable bonds is 1. The number of hydrogen-bond acceptors (Lipinski definition) is 3. The predicted octanol–water partition coefficient (Wildman–Crippen LogP) is -0.282. The highest BCUT2D eigenvalue weighted by Crippen LogP contribution is 2.07. The largest absolute Gasteiger partial charge is 0.340 e. The SMILES string of the molecule is CC(=O)N1CCCN(C)/C1=N/[N+](=O)[O-]. The second kappa shape index (κ2) is 4.03. The molecule has 0 spiro atoms. The molecule has 1 aliphatic rings. The van der Waals surface area contributed by atoms with Crippen molar-refractivity contribution in [2.24, 2.45) is 5.10 Å². The van der Waals surface area contributed by atoms with Crippen LogP contribution in [0.2, 0.25) is 0 Å². The number of nitro groups is 1. The quantitative estimate of drug-likeness (QED) is 0.430. The maximum Gasteiger partial charge on any atom is 0.280 e. The van der Waals surface area contributed by atoms with E-state index in [0.717, 1.165) is 6.42 Å². The number of nitrogens with zero attached hydrogens (tertiary/aromatic N) is 4. The van der Waals surface area contributed by atoms with Crippen LogP contribution in [0.1, 0.15) is 13.3 Å². The monoisotopic (exact) mass is 200 g/mol. The Morgan fingerprint density at radius 2 is 2.21 bits per heavy atom. The van der Waals surface area contributed by atoms with Gasteiger partial charge >= 0.3 is 0 Å². The van der Waals surface area contributed by atoms with Gasteiger partial charge in [-0.3, -0.25) is 9.69 Å². The fraction of sp³-hybridized carbons (Fsp3) is 0.714. The highest BCUT2D eigenvalue weighted by Gasteiger charge is 2.26. The molecule has 0 aromatic rings. The van der Waals surface area contributed by atoms with Crippen LogP contribution in [0, 0.1) is 10.1 Å². The van der Waals surface area contributed by atoms with E-state index in [-0.39, 0.29) is 11.9 Å². The molecule has 0 unspecified atom stereocenters. The van der Waals surface area contributed by atoms with Gasteiger partial charge in [-0.05, 0) is 6.42 Å². The summed E-state index contributed by atoms with van der Waals surface area (Å²) in [7, 11) is 1.68. The lowest BCUT2D eigenvalue weighted by molar-refractivity contribution is -0.486. The van der Waals surface area contributed by atoms with Crippen molar-refractivity contribution in [2.45, 2.75) is 13.3 Å². The molecule has 1 rings (SSSR count). The number of hydrogen-bond donors (Lipinski definition) is 0. The summed E-state index contributed by atoms with van der Waals surface area (Å²) < 4.78 is 0. The second-order valence-electron chi connectivity index (χ2n) is 3.08. The Bertz CT molecular complexity index is 289. The van der Waals surface area contributed by atoms with Crippen LogP contribution < -0.4 is 0 Å². The van der Waals surface area contributed by atoms with Gasteiger partial charge in [0.25, 0.3) is 5.96 Å². The molecule has 7 heteroatoms. The summed E-state index contributed by atoms with van der Waals surface area (Å²) in [5, 5.41) is 12.6. The molecule has 0 saturated carbocycles. The molecule has 1 heterocycles. The van der Waals surface area contributed by atoms with Crippen LogP contribution in [0.3, 0.4) is 0 Å². The third kappa shape index (κ3) is 2.18. The van der Waals surface area contributed by atoms with Crippen molar-refractivity contribution in [1.82, 2.24) is 9.80 Å². The predicted molar refractivity (Wildman–Crippen MR) is 49.1 cm³/mol. The number of amides is 1. The van der Waals surface area contributed by atoms with Crippen LogP contribution in [-0.2, 0) is 4.79 Å². The summed E-state index contributed by atoms with van der Waals surface area (Å²) in [6, 6.07) is 0. The van der Waals surface area contributed by atoms with Gasteiger partial charge in [0.1, 0.15) is 5.10 Å². The molecule has 0 atom stereocenters. The minimum absolute atomic E-state index is 0.119. The normalized spacial score (nSPS) is 20.0. The van der Waals surface area contributed by atoms with Crippen molar-refractivity contribution >= 4 is 11.9 Å². The van der Waals surface area contributed by atoms with Gasteiger partial charge in [-0.25, -0.2) is 10.1 Å². The maximum atomic E-state index is 11.1. The van der Waals surface area contributed by atoms with E-state index >= 15 is 0 Å². The first-order valence-corrected chi connectivity index (χ1v) is 4.24. The molecule has 0 radical (unpaired) electrons. The molecule has 1 fully saturated rings. The highest BCUT2D eigenvalue weighted by molar-refractivity contribution is 5.96. The molecular weight excluding hydrogens is 188 g/mol. The number of carbonyl (C=O) groups is 1. The Hall–Kier alpha value is -1.66. The minimum atomic E-state index is -0.785. The van der Waals surface area contributed by atoms with E-state index in [0.29, 0.717) is 13.1 Å². The third-order valence-electron chi connectivity index (χ3n) is 2.01. The summed E-state index contributed by atoms with van der Waals surface area (Å²) in [6.07, 6.45) is 0.798. The Labute approximate surface area is 81.1 Å². The molecule has 7 nitrogen and oxygen atoms in total. The Morgan fingerprint density at radius 1 is 1.57 bits per heavy atom. The van der Waals surface area contributed by atoms with E-state index in [9.17, 15) is 14.9 Å². The van der Waals surface area contributed by atoms with E-state index in [2.05, 4.69) is 5.10 Å². The first-order valence-electron chi connectivity index (χ1n) is 4.24. The summed E-state index contributed by atoms with van der Waals surface area (Å²) in [5.41, 5.74) is 0. The third-order valence-corrected chi connectivity index (χ3v) is 2.01. The smallest absolute Gasteiger partial charge is 0.280 e. The van der Waals surface area contributed by atoms with Crippen LogP contribution in [0.15, 0.2) is 5.10 Å². The number of carbonyl (C=O) groups excluding carboxylic acids is 1. The van der Waals surface area contributed by atoms with E-state index in [1.807, 2.05) is 0 Å². The molecule has 14 heavy (non-hydrogen) atoms. The molecule has 1 aliphatic heterocycles. The van der Waals surface area contributed by atoms with Gasteiger partial charge in [-0.2, -0.15) is 0 Å². The molecule has 1 amide bonds. The topological polar surface area (TPSA) is 79.0 Å². The van der Waals surface area contributed by atoms with Crippen molar-refractivity contribution < 1.29 is 9.83 Å². The Morgan fingerprint density at radius 3 is 2.71 bits per heavy atom. The first kappa shape index (κ1) is 10.4. The summed E-state index contributed by atoms with van der Waals surface area (Å²) in [5.74, 6) is -0.106. The molecule has 0 aromatic carbocycles. The second-order valence-corrected chi connectivity index (χ2v) is 3.08. The van der Waals surface area contributed by atoms with Crippen molar-refractivity contribution in [2.75, 3.05) is 20.1 Å². The molecule has 78 valence electrons. The molecule has 1 saturated heterocycles. The van der Waals surface area contributed by atoms with Crippen molar-refractivity contribution in [1.29, 1.82) is 0 Å². The molecule has 0 aliphatic carbocycles. The average Bonchev–Trinajstić information content (AvgIpc) is 2.07. The van der Waals surface area contributed by atoms with Crippen LogP contribution in [0.5, 0.6) is 0 Å². The van der Waals surface area contributed by atoms with E-state index in [1.165, 1.54) is 11.8 Å². The van der Waals surface area contributed by atoms with Gasteiger partial charge in [0.05, 0.1) is 0 Å². The lowest BCUT2D eigenvalue weighted by atomic mass is 10.3. The number of hydrazone groups is 1. The Kier molecular flexibility index (Phi) is 3.00. The fourth-order valence-electron chi connectivity index (χ4n) is 1.37. The van der Waals surface area contributed by atoms with Gasteiger partial charge in [-0.15, -0.1) is 0 Å². The van der Waals surface area contributed by atoms with E-state index < -0.39 is 5.03 Å². The molecular formula is C7H12N4O3. The zero-order valence-corrected chi connectivity index (χ0v) is 8.13. The van der Waals surface area contributed by atoms with Crippen LogP contribution in [0.4, 0.5) is 0 Å². The molecule has 0 N–H and O–H groups in total. The van der Waals surface area contributed by atoms with Gasteiger partial charge < -0.3 is 4.90 Å². The maximum absolute atomic E-state index is 11.1. The van der Waals surface area contributed by atoms with Gasteiger partial charge in [0.15, 0.2) is 5.03 Å². The standard InChI is InChI=1S/C7H12N4O3/c1-6(12)10-5-3-4-9(2)7(10)8-11(13)14/h3-5H2,1-2H3/b8-7-. The van der Waals surface area contributed by atoms with E-state index in [4.69, 9.17) is 0 Å². The number of guanidine groups is 1. The fourth-order valence-corrected chi connectivity index (χ4v) is 1.37. The van der Waals surface area contributed by atoms with Crippen molar-refractivity contribution in [3.05, 3.63) is 10.1 Å². The van der Waals surface area contributed by atoms with Crippen LogP contribution >= 0.6 is 0 Å².